The molecule has 0 unspecified atom stereocenters. The van der Waals surface area contributed by atoms with E-state index >= 15 is 0 Å². The largest absolute Gasteiger partial charge is 0.455 e. The predicted octanol–water partition coefficient (Wildman–Crippen LogP) is 3.19. The number of Topliss-reactive ketones (excluding diaryl/α,β-unsaturated/α-hetero) is 1. The molecule has 102 valence electrons. The molecule has 5 heteroatoms. The molecular weight excluding hydrogens is 261 g/mol. The lowest BCUT2D eigenvalue weighted by atomic mass is 9.97. The second-order valence-corrected chi connectivity index (χ2v) is 4.69. The lowest BCUT2D eigenvalue weighted by Gasteiger charge is -2.06. The predicted molar refractivity (Wildman–Crippen MR) is 70.3 cm³/mol. The lowest BCUT2D eigenvalue weighted by molar-refractivity contribution is 0.0963. The van der Waals surface area contributed by atoms with Gasteiger partial charge < -0.3 is 9.73 Å². The van der Waals surface area contributed by atoms with Crippen molar-refractivity contribution < 1.29 is 18.4 Å². The Hall–Kier alpha value is -2.43. The maximum Gasteiger partial charge on any atom is 0.291 e. The average molecular weight is 273 g/mol. The van der Waals surface area contributed by atoms with Crippen molar-refractivity contribution in [2.45, 2.75) is 19.3 Å². The van der Waals surface area contributed by atoms with Crippen molar-refractivity contribution in [1.82, 2.24) is 0 Å². The number of ketones is 1. The fourth-order valence-corrected chi connectivity index (χ4v) is 2.23. The van der Waals surface area contributed by atoms with E-state index in [-0.39, 0.29) is 17.4 Å². The van der Waals surface area contributed by atoms with Gasteiger partial charge in [0.05, 0.1) is 5.56 Å². The summed E-state index contributed by atoms with van der Waals surface area (Å²) < 4.78 is 18.2. The maximum atomic E-state index is 12.8. The van der Waals surface area contributed by atoms with Crippen LogP contribution >= 0.6 is 0 Å². The molecule has 1 amide bonds. The quantitative estimate of drug-likeness (QED) is 0.914. The topological polar surface area (TPSA) is 59.3 Å². The molecule has 2 aromatic rings. The summed E-state index contributed by atoms with van der Waals surface area (Å²) in [5.41, 5.74) is 0.970. The highest BCUT2D eigenvalue weighted by atomic mass is 19.1. The number of amides is 1. The molecule has 0 aliphatic heterocycles. The van der Waals surface area contributed by atoms with Gasteiger partial charge in [-0.25, -0.2) is 4.39 Å². The Kier molecular flexibility index (Phi) is 3.10. The van der Waals surface area contributed by atoms with Gasteiger partial charge in [0.15, 0.2) is 11.5 Å². The molecule has 1 aliphatic rings. The Morgan fingerprint density at radius 3 is 2.65 bits per heavy atom. The number of furan rings is 1. The van der Waals surface area contributed by atoms with Crippen LogP contribution in [0.15, 0.2) is 34.7 Å². The Labute approximate surface area is 114 Å². The summed E-state index contributed by atoms with van der Waals surface area (Å²) in [5.74, 6) is -0.128. The smallest absolute Gasteiger partial charge is 0.291 e. The number of anilines is 1. The molecule has 0 saturated heterocycles. The van der Waals surface area contributed by atoms with Crippen LogP contribution in [0.3, 0.4) is 0 Å². The number of hydrogen-bond donors (Lipinski definition) is 1. The molecule has 0 radical (unpaired) electrons. The van der Waals surface area contributed by atoms with Gasteiger partial charge in [-0.2, -0.15) is 0 Å². The summed E-state index contributed by atoms with van der Waals surface area (Å²) >= 11 is 0. The number of rotatable bonds is 2. The molecule has 1 N–H and O–H groups in total. The van der Waals surface area contributed by atoms with E-state index in [1.54, 1.807) is 0 Å². The van der Waals surface area contributed by atoms with Gasteiger partial charge >= 0.3 is 0 Å². The van der Waals surface area contributed by atoms with Gasteiger partial charge in [-0.15, -0.1) is 0 Å². The minimum atomic E-state index is -0.446. The van der Waals surface area contributed by atoms with E-state index in [2.05, 4.69) is 5.32 Å². The normalized spacial score (nSPS) is 13.9. The van der Waals surface area contributed by atoms with Gasteiger partial charge in [0.1, 0.15) is 11.6 Å². The Morgan fingerprint density at radius 2 is 1.95 bits per heavy atom. The van der Waals surface area contributed by atoms with Crippen molar-refractivity contribution >= 4 is 17.4 Å². The summed E-state index contributed by atoms with van der Waals surface area (Å²) in [4.78, 5) is 23.7. The van der Waals surface area contributed by atoms with Crippen LogP contribution in [-0.2, 0) is 6.42 Å². The second kappa shape index (κ2) is 4.92. The maximum absolute atomic E-state index is 12.8. The molecule has 20 heavy (non-hydrogen) atoms. The van der Waals surface area contributed by atoms with Crippen molar-refractivity contribution in [2.24, 2.45) is 0 Å². The highest BCUT2D eigenvalue weighted by Gasteiger charge is 2.24. The molecule has 1 heterocycles. The Bertz CT molecular complexity index is 673. The van der Waals surface area contributed by atoms with E-state index in [0.717, 1.165) is 6.42 Å². The van der Waals surface area contributed by atoms with E-state index < -0.39 is 5.91 Å². The number of halogens is 1. The van der Waals surface area contributed by atoms with E-state index in [1.165, 1.54) is 30.3 Å². The molecule has 3 rings (SSSR count). The zero-order chi connectivity index (χ0) is 14.1. The number of carbonyl (C=O) groups excluding carboxylic acids is 2. The molecule has 0 saturated carbocycles. The van der Waals surface area contributed by atoms with E-state index in [9.17, 15) is 14.0 Å². The molecule has 1 aliphatic carbocycles. The fourth-order valence-electron chi connectivity index (χ4n) is 2.23. The zero-order valence-electron chi connectivity index (χ0n) is 10.6. The summed E-state index contributed by atoms with van der Waals surface area (Å²) in [5, 5.41) is 2.60. The van der Waals surface area contributed by atoms with Crippen LogP contribution in [-0.4, -0.2) is 11.7 Å². The van der Waals surface area contributed by atoms with Gasteiger partial charge in [-0.05, 0) is 30.7 Å². The van der Waals surface area contributed by atoms with Crippen molar-refractivity contribution in [3.05, 3.63) is 53.2 Å². The molecule has 0 fully saturated rings. The summed E-state index contributed by atoms with van der Waals surface area (Å²) in [7, 11) is 0. The van der Waals surface area contributed by atoms with Crippen LogP contribution in [0.2, 0.25) is 0 Å². The fraction of sp³-hybridized carbons (Fsp3) is 0.200. The third kappa shape index (κ3) is 2.34. The summed E-state index contributed by atoms with van der Waals surface area (Å²) in [6.45, 7) is 0. The summed E-state index contributed by atoms with van der Waals surface area (Å²) in [6, 6.07) is 6.91. The van der Waals surface area contributed by atoms with Gasteiger partial charge in [0.25, 0.3) is 5.91 Å². The highest BCUT2D eigenvalue weighted by molar-refractivity contribution is 6.05. The number of fused-ring (bicyclic) bond motifs is 1. The standard InChI is InChI=1S/C15H12FNO3/c16-9-4-6-10(7-5-9)17-15(19)14-8-11-12(18)2-1-3-13(11)20-14/h4-8H,1-3H2,(H,17,19). The molecule has 0 atom stereocenters. The van der Waals surface area contributed by atoms with Gasteiger partial charge in [0, 0.05) is 24.6 Å². The van der Waals surface area contributed by atoms with Crippen LogP contribution in [0.1, 0.15) is 39.5 Å². The van der Waals surface area contributed by atoms with Crippen molar-refractivity contribution in [3.8, 4) is 0 Å². The molecule has 1 aromatic heterocycles. The van der Waals surface area contributed by atoms with Crippen LogP contribution < -0.4 is 5.32 Å². The van der Waals surface area contributed by atoms with Crippen LogP contribution in [0.25, 0.3) is 0 Å². The first-order valence-corrected chi connectivity index (χ1v) is 6.36. The zero-order valence-corrected chi connectivity index (χ0v) is 10.6. The second-order valence-electron chi connectivity index (χ2n) is 4.69. The van der Waals surface area contributed by atoms with Gasteiger partial charge in [-0.3, -0.25) is 9.59 Å². The number of hydrogen-bond acceptors (Lipinski definition) is 3. The van der Waals surface area contributed by atoms with Crippen molar-refractivity contribution in [1.29, 1.82) is 0 Å². The monoisotopic (exact) mass is 273 g/mol. The molecule has 0 spiro atoms. The minimum absolute atomic E-state index is 0.0100. The Morgan fingerprint density at radius 1 is 1.20 bits per heavy atom. The Balaban J connectivity index is 1.81. The van der Waals surface area contributed by atoms with Gasteiger partial charge in [-0.1, -0.05) is 0 Å². The van der Waals surface area contributed by atoms with E-state index in [0.29, 0.717) is 29.9 Å². The number of carbonyl (C=O) groups is 2. The van der Waals surface area contributed by atoms with Crippen LogP contribution in [0.4, 0.5) is 10.1 Å². The van der Waals surface area contributed by atoms with E-state index in [1.807, 2.05) is 0 Å². The molecular formula is C15H12FNO3. The van der Waals surface area contributed by atoms with Crippen molar-refractivity contribution in [3.63, 3.8) is 0 Å². The molecule has 4 nitrogen and oxygen atoms in total. The third-order valence-electron chi connectivity index (χ3n) is 3.24. The number of nitrogens with one attached hydrogen (secondary N) is 1. The number of aryl methyl sites for hydroxylation is 1. The van der Waals surface area contributed by atoms with Crippen LogP contribution in [0.5, 0.6) is 0 Å². The number of benzene rings is 1. The van der Waals surface area contributed by atoms with Gasteiger partial charge in [0.2, 0.25) is 0 Å². The highest BCUT2D eigenvalue weighted by Crippen LogP contribution is 2.25. The lowest BCUT2D eigenvalue weighted by Crippen LogP contribution is -2.10. The minimum Gasteiger partial charge on any atom is -0.455 e. The first-order chi connectivity index (χ1) is 9.63. The SMILES string of the molecule is O=C(Nc1ccc(F)cc1)c1cc2c(o1)CCCC2=O. The summed E-state index contributed by atoms with van der Waals surface area (Å²) in [6.07, 6.45) is 1.91. The average Bonchev–Trinajstić information content (AvgIpc) is 2.87. The molecule has 0 bridgehead atoms. The van der Waals surface area contributed by atoms with Crippen LogP contribution in [0, 0.1) is 5.82 Å². The van der Waals surface area contributed by atoms with Crippen molar-refractivity contribution in [2.75, 3.05) is 5.32 Å². The van der Waals surface area contributed by atoms with E-state index in [4.69, 9.17) is 4.42 Å². The first kappa shape index (κ1) is 12.6. The first-order valence-electron chi connectivity index (χ1n) is 6.36. The third-order valence-corrected chi connectivity index (χ3v) is 3.24. The molecule has 1 aromatic carbocycles.